The van der Waals surface area contributed by atoms with Gasteiger partial charge in [0, 0.05) is 32.6 Å². The van der Waals surface area contributed by atoms with Gasteiger partial charge in [-0.25, -0.2) is 8.42 Å². The molecule has 33 heavy (non-hydrogen) atoms. The highest BCUT2D eigenvalue weighted by Gasteiger charge is 2.54. The van der Waals surface area contributed by atoms with Crippen molar-refractivity contribution in [3.8, 4) is 11.1 Å². The molecule has 9 heteroatoms. The van der Waals surface area contributed by atoms with E-state index in [0.29, 0.717) is 30.8 Å². The van der Waals surface area contributed by atoms with Crippen LogP contribution in [0.4, 0.5) is 0 Å². The maximum Gasteiger partial charge on any atom is 0.243 e. The predicted molar refractivity (Wildman–Crippen MR) is 129 cm³/mol. The van der Waals surface area contributed by atoms with E-state index in [0.717, 1.165) is 29.8 Å². The zero-order chi connectivity index (χ0) is 23.8. The lowest BCUT2D eigenvalue weighted by Gasteiger charge is -2.31. The van der Waals surface area contributed by atoms with Gasteiger partial charge in [-0.1, -0.05) is 43.3 Å². The van der Waals surface area contributed by atoms with Gasteiger partial charge in [-0.3, -0.25) is 4.79 Å². The monoisotopic (exact) mass is 471 g/mol. The summed E-state index contributed by atoms with van der Waals surface area (Å²) in [4.78, 5) is 14.7. The number of benzene rings is 2. The molecule has 0 aromatic heterocycles. The van der Waals surface area contributed by atoms with Crippen molar-refractivity contribution in [2.24, 2.45) is 17.4 Å². The third-order valence-corrected chi connectivity index (χ3v) is 8.71. The summed E-state index contributed by atoms with van der Waals surface area (Å²) in [5.74, 6) is -0.00217. The van der Waals surface area contributed by atoms with E-state index in [1.54, 1.807) is 16.4 Å². The van der Waals surface area contributed by atoms with Crippen LogP contribution in [0.1, 0.15) is 18.9 Å². The minimum absolute atomic E-state index is 0.187. The van der Waals surface area contributed by atoms with E-state index < -0.39 is 21.7 Å². The largest absolute Gasteiger partial charge is 0.339 e. The fraction of sp³-hybridized carbons (Fsp3) is 0.458. The summed E-state index contributed by atoms with van der Waals surface area (Å²) < 4.78 is 27.4. The van der Waals surface area contributed by atoms with Gasteiger partial charge >= 0.3 is 0 Å². The maximum atomic E-state index is 12.9. The summed E-state index contributed by atoms with van der Waals surface area (Å²) in [6.07, 6.45) is 0.685. The molecule has 2 aromatic carbocycles. The lowest BCUT2D eigenvalue weighted by atomic mass is 10.0. The average molecular weight is 472 g/mol. The molecule has 8 nitrogen and oxygen atoms in total. The number of nitrogens with zero attached hydrogens (tertiary/aromatic N) is 2. The molecule has 2 aliphatic rings. The van der Waals surface area contributed by atoms with Gasteiger partial charge in [0.1, 0.15) is 0 Å². The van der Waals surface area contributed by atoms with E-state index in [4.69, 9.17) is 11.5 Å². The Morgan fingerprint density at radius 1 is 1.06 bits per heavy atom. The van der Waals surface area contributed by atoms with E-state index in [-0.39, 0.29) is 11.8 Å². The minimum atomic E-state index is -3.47. The van der Waals surface area contributed by atoms with Crippen molar-refractivity contribution in [1.29, 1.82) is 0 Å². The fourth-order valence-corrected chi connectivity index (χ4v) is 5.62. The van der Waals surface area contributed by atoms with Crippen LogP contribution in [0.5, 0.6) is 0 Å². The zero-order valence-corrected chi connectivity index (χ0v) is 20.0. The molecule has 2 fully saturated rings. The number of rotatable bonds is 7. The molecule has 0 radical (unpaired) electrons. The number of amides is 1. The van der Waals surface area contributed by atoms with Gasteiger partial charge in [0.2, 0.25) is 15.9 Å². The molecule has 1 saturated carbocycles. The summed E-state index contributed by atoms with van der Waals surface area (Å²) in [5, 5.41) is 2.81. The van der Waals surface area contributed by atoms with Crippen molar-refractivity contribution < 1.29 is 13.2 Å². The van der Waals surface area contributed by atoms with Gasteiger partial charge in [0.15, 0.2) is 0 Å². The second kappa shape index (κ2) is 9.15. The summed E-state index contributed by atoms with van der Waals surface area (Å²) in [5.41, 5.74) is 14.3. The highest BCUT2D eigenvalue weighted by molar-refractivity contribution is 7.89. The lowest BCUT2D eigenvalue weighted by Crippen LogP contribution is -2.52. The number of nitrogens with two attached hydrogens (primary N) is 2. The summed E-state index contributed by atoms with van der Waals surface area (Å²) in [6.45, 7) is 4.45. The first-order valence-electron chi connectivity index (χ1n) is 11.3. The Labute approximate surface area is 196 Å². The van der Waals surface area contributed by atoms with Gasteiger partial charge in [-0.15, -0.1) is 0 Å². The highest BCUT2D eigenvalue weighted by Crippen LogP contribution is 2.40. The smallest absolute Gasteiger partial charge is 0.243 e. The Kier molecular flexibility index (Phi) is 6.61. The van der Waals surface area contributed by atoms with Crippen LogP contribution in [0.2, 0.25) is 0 Å². The summed E-state index contributed by atoms with van der Waals surface area (Å²) in [6, 6.07) is 14.9. The van der Waals surface area contributed by atoms with Gasteiger partial charge < -0.3 is 21.7 Å². The molecule has 1 saturated heterocycles. The maximum absolute atomic E-state index is 12.9. The van der Waals surface area contributed by atoms with Crippen LogP contribution in [-0.4, -0.2) is 68.5 Å². The van der Waals surface area contributed by atoms with Crippen molar-refractivity contribution in [1.82, 2.24) is 14.5 Å². The number of hydrogen-bond acceptors (Lipinski definition) is 6. The Hall–Kier alpha value is -2.30. The van der Waals surface area contributed by atoms with Crippen molar-refractivity contribution in [2.45, 2.75) is 36.4 Å². The van der Waals surface area contributed by atoms with Crippen molar-refractivity contribution in [3.63, 3.8) is 0 Å². The van der Waals surface area contributed by atoms with E-state index in [1.165, 1.54) is 0 Å². The fourth-order valence-electron chi connectivity index (χ4n) is 4.20. The van der Waals surface area contributed by atoms with E-state index in [2.05, 4.69) is 10.2 Å². The molecular formula is C24H33N5O3S. The molecule has 2 aromatic rings. The van der Waals surface area contributed by atoms with Crippen LogP contribution >= 0.6 is 0 Å². The molecular weight excluding hydrogens is 438 g/mol. The zero-order valence-electron chi connectivity index (χ0n) is 19.2. The van der Waals surface area contributed by atoms with E-state index in [1.807, 2.05) is 50.4 Å². The van der Waals surface area contributed by atoms with Crippen LogP contribution in [-0.2, 0) is 21.2 Å². The van der Waals surface area contributed by atoms with Crippen molar-refractivity contribution in [3.05, 3.63) is 54.1 Å². The van der Waals surface area contributed by atoms with Gasteiger partial charge in [-0.2, -0.15) is 4.31 Å². The predicted octanol–water partition coefficient (Wildman–Crippen LogP) is 0.971. The number of nitrogens with one attached hydrogen (secondary N) is 1. The third-order valence-electron chi connectivity index (χ3n) is 6.80. The summed E-state index contributed by atoms with van der Waals surface area (Å²) in [7, 11) is -1.48. The number of carbonyl (C=O) groups excluding carboxylic acids is 1. The van der Waals surface area contributed by atoms with Gasteiger partial charge in [-0.05, 0) is 48.2 Å². The molecule has 1 aliphatic heterocycles. The molecule has 2 unspecified atom stereocenters. The highest BCUT2D eigenvalue weighted by atomic mass is 32.2. The molecule has 0 spiro atoms. The number of sulfonamides is 1. The number of hydrogen-bond donors (Lipinski definition) is 3. The molecule has 3 atom stereocenters. The summed E-state index contributed by atoms with van der Waals surface area (Å²) >= 11 is 0. The molecule has 1 heterocycles. The van der Waals surface area contributed by atoms with Crippen LogP contribution < -0.4 is 16.8 Å². The third kappa shape index (κ3) is 5.12. The van der Waals surface area contributed by atoms with Crippen LogP contribution in [0.3, 0.4) is 0 Å². The molecule has 5 N–H and O–H groups in total. The Balaban J connectivity index is 1.37. The first-order valence-corrected chi connectivity index (χ1v) is 12.8. The van der Waals surface area contributed by atoms with Crippen LogP contribution in [0, 0.1) is 5.92 Å². The van der Waals surface area contributed by atoms with Crippen molar-refractivity contribution in [2.75, 3.05) is 33.2 Å². The van der Waals surface area contributed by atoms with Crippen LogP contribution in [0.25, 0.3) is 11.1 Å². The SMILES string of the molecule is CC1C[C@@]1(N)C(=O)NC(N)Cc1ccc(-c2ccc(S(=O)(=O)N3CCN(C)CC3)cc2)cc1. The topological polar surface area (TPSA) is 122 Å². The van der Waals surface area contributed by atoms with Crippen molar-refractivity contribution >= 4 is 15.9 Å². The Morgan fingerprint density at radius 2 is 1.58 bits per heavy atom. The number of carbonyl (C=O) groups is 1. The van der Waals surface area contributed by atoms with Gasteiger partial charge in [0.05, 0.1) is 16.6 Å². The molecule has 178 valence electrons. The lowest BCUT2D eigenvalue weighted by molar-refractivity contribution is -0.124. The second-order valence-electron chi connectivity index (χ2n) is 9.36. The molecule has 4 rings (SSSR count). The Bertz CT molecular complexity index is 1100. The quantitative estimate of drug-likeness (QED) is 0.518. The molecule has 0 bridgehead atoms. The normalized spacial score (nSPS) is 24.9. The second-order valence-corrected chi connectivity index (χ2v) is 11.3. The molecule has 1 aliphatic carbocycles. The Morgan fingerprint density at radius 3 is 2.09 bits per heavy atom. The standard InChI is InChI=1S/C24H33N5O3S/c1-17-16-24(17,26)23(30)27-22(25)15-18-3-5-19(6-4-18)20-7-9-21(10-8-20)33(31,32)29-13-11-28(2)12-14-29/h3-10,17,22H,11-16,25-26H2,1-2H3,(H,27,30)/t17?,22?,24-/m0/s1. The first kappa shape index (κ1) is 23.8. The molecule has 1 amide bonds. The number of likely N-dealkylation sites (N-methyl/N-ethyl adjacent to an activating group) is 1. The van der Waals surface area contributed by atoms with Crippen LogP contribution in [0.15, 0.2) is 53.4 Å². The first-order chi connectivity index (χ1) is 15.6. The number of piperazine rings is 1. The van der Waals surface area contributed by atoms with E-state index in [9.17, 15) is 13.2 Å². The van der Waals surface area contributed by atoms with Gasteiger partial charge in [0.25, 0.3) is 0 Å². The average Bonchev–Trinajstić information content (AvgIpc) is 3.42. The van der Waals surface area contributed by atoms with E-state index >= 15 is 0 Å². The minimum Gasteiger partial charge on any atom is -0.339 e.